The lowest BCUT2D eigenvalue weighted by molar-refractivity contribution is 0.370. The molecular formula is C14H18ClN3. The lowest BCUT2D eigenvalue weighted by Gasteiger charge is -2.22. The highest BCUT2D eigenvalue weighted by molar-refractivity contribution is 6.31. The standard InChI is InChI=1S/C14H18ClN3/c15-10-6-7-12-13(8-10)18-14(17-12)9-16-11-4-2-1-3-5-11/h6-8,11,16H,1-5,9H2,(H,17,18). The van der Waals surface area contributed by atoms with Gasteiger partial charge >= 0.3 is 0 Å². The summed E-state index contributed by atoms with van der Waals surface area (Å²) in [5, 5.41) is 4.33. The van der Waals surface area contributed by atoms with Gasteiger partial charge in [-0.1, -0.05) is 30.9 Å². The molecule has 0 amide bonds. The third kappa shape index (κ3) is 2.68. The van der Waals surface area contributed by atoms with Gasteiger partial charge in [-0.2, -0.15) is 0 Å². The molecule has 1 saturated carbocycles. The van der Waals surface area contributed by atoms with Crippen molar-refractivity contribution < 1.29 is 0 Å². The molecular weight excluding hydrogens is 246 g/mol. The van der Waals surface area contributed by atoms with Crippen LogP contribution in [-0.4, -0.2) is 16.0 Å². The number of H-pyrrole nitrogens is 1. The molecule has 0 saturated heterocycles. The molecule has 3 nitrogen and oxygen atoms in total. The highest BCUT2D eigenvalue weighted by atomic mass is 35.5. The van der Waals surface area contributed by atoms with E-state index in [1.54, 1.807) is 0 Å². The highest BCUT2D eigenvalue weighted by Gasteiger charge is 2.13. The summed E-state index contributed by atoms with van der Waals surface area (Å²) in [5.41, 5.74) is 2.00. The van der Waals surface area contributed by atoms with Crippen LogP contribution in [0.2, 0.25) is 5.02 Å². The summed E-state index contributed by atoms with van der Waals surface area (Å²) < 4.78 is 0. The Kier molecular flexibility index (Phi) is 3.52. The number of hydrogen-bond donors (Lipinski definition) is 2. The van der Waals surface area contributed by atoms with E-state index in [1.807, 2.05) is 18.2 Å². The second kappa shape index (κ2) is 5.29. The molecule has 1 aliphatic rings. The van der Waals surface area contributed by atoms with Crippen LogP contribution in [0.1, 0.15) is 37.9 Å². The second-order valence-corrected chi connectivity index (χ2v) is 5.50. The fourth-order valence-corrected chi connectivity index (χ4v) is 2.84. The van der Waals surface area contributed by atoms with Crippen LogP contribution in [0.15, 0.2) is 18.2 Å². The number of hydrogen-bond acceptors (Lipinski definition) is 2. The van der Waals surface area contributed by atoms with Crippen LogP contribution in [0.5, 0.6) is 0 Å². The molecule has 0 atom stereocenters. The van der Waals surface area contributed by atoms with Crippen LogP contribution in [0, 0.1) is 0 Å². The third-order valence-electron chi connectivity index (χ3n) is 3.66. The van der Waals surface area contributed by atoms with E-state index >= 15 is 0 Å². The maximum absolute atomic E-state index is 5.96. The molecule has 1 aromatic carbocycles. The van der Waals surface area contributed by atoms with E-state index in [0.29, 0.717) is 6.04 Å². The molecule has 1 heterocycles. The first-order chi connectivity index (χ1) is 8.81. The van der Waals surface area contributed by atoms with Crippen LogP contribution < -0.4 is 5.32 Å². The molecule has 1 aliphatic carbocycles. The predicted molar refractivity (Wildman–Crippen MR) is 74.8 cm³/mol. The number of aromatic amines is 1. The molecule has 0 spiro atoms. The zero-order valence-electron chi connectivity index (χ0n) is 10.4. The van der Waals surface area contributed by atoms with E-state index in [4.69, 9.17) is 11.6 Å². The Balaban J connectivity index is 1.67. The maximum atomic E-state index is 5.96. The Bertz CT molecular complexity index is 529. The van der Waals surface area contributed by atoms with E-state index in [1.165, 1.54) is 32.1 Å². The van der Waals surface area contributed by atoms with Crippen LogP contribution in [0.4, 0.5) is 0 Å². The summed E-state index contributed by atoms with van der Waals surface area (Å²) in [4.78, 5) is 7.88. The Morgan fingerprint density at radius 3 is 2.94 bits per heavy atom. The molecule has 1 fully saturated rings. The van der Waals surface area contributed by atoms with Crippen LogP contribution >= 0.6 is 11.6 Å². The van der Waals surface area contributed by atoms with Gasteiger partial charge in [0.05, 0.1) is 17.6 Å². The van der Waals surface area contributed by atoms with Crippen molar-refractivity contribution in [1.82, 2.24) is 15.3 Å². The molecule has 18 heavy (non-hydrogen) atoms. The molecule has 3 rings (SSSR count). The Morgan fingerprint density at radius 2 is 2.11 bits per heavy atom. The van der Waals surface area contributed by atoms with Gasteiger partial charge in [-0.15, -0.1) is 0 Å². The van der Waals surface area contributed by atoms with Crippen LogP contribution in [0.3, 0.4) is 0 Å². The summed E-state index contributed by atoms with van der Waals surface area (Å²) in [6.45, 7) is 0.816. The molecule has 2 N–H and O–H groups in total. The predicted octanol–water partition coefficient (Wildman–Crippen LogP) is 3.64. The van der Waals surface area contributed by atoms with Gasteiger partial charge in [-0.05, 0) is 31.0 Å². The largest absolute Gasteiger partial charge is 0.341 e. The Labute approximate surface area is 112 Å². The Hall–Kier alpha value is -1.06. The minimum Gasteiger partial charge on any atom is -0.341 e. The average Bonchev–Trinajstić information content (AvgIpc) is 2.79. The SMILES string of the molecule is Clc1ccc2nc(CNC3CCCCC3)[nH]c2c1. The van der Waals surface area contributed by atoms with Crippen LogP contribution in [-0.2, 0) is 6.54 Å². The fraction of sp³-hybridized carbons (Fsp3) is 0.500. The van der Waals surface area contributed by atoms with Gasteiger partial charge < -0.3 is 10.3 Å². The smallest absolute Gasteiger partial charge is 0.121 e. The average molecular weight is 264 g/mol. The van der Waals surface area contributed by atoms with Crippen molar-refractivity contribution in [2.24, 2.45) is 0 Å². The molecule has 2 aromatic rings. The van der Waals surface area contributed by atoms with Gasteiger partial charge in [-0.3, -0.25) is 0 Å². The van der Waals surface area contributed by atoms with Crippen molar-refractivity contribution in [3.63, 3.8) is 0 Å². The number of fused-ring (bicyclic) bond motifs is 1. The molecule has 96 valence electrons. The van der Waals surface area contributed by atoms with Crippen molar-refractivity contribution in [2.45, 2.75) is 44.7 Å². The zero-order chi connectivity index (χ0) is 12.4. The third-order valence-corrected chi connectivity index (χ3v) is 3.89. The van der Waals surface area contributed by atoms with Gasteiger partial charge in [-0.25, -0.2) is 4.98 Å². The topological polar surface area (TPSA) is 40.7 Å². The zero-order valence-corrected chi connectivity index (χ0v) is 11.1. The van der Waals surface area contributed by atoms with Crippen molar-refractivity contribution in [1.29, 1.82) is 0 Å². The molecule has 0 unspecified atom stereocenters. The first-order valence-electron chi connectivity index (χ1n) is 6.69. The van der Waals surface area contributed by atoms with Gasteiger partial charge in [0.25, 0.3) is 0 Å². The van der Waals surface area contributed by atoms with E-state index in [2.05, 4.69) is 15.3 Å². The number of nitrogens with one attached hydrogen (secondary N) is 2. The highest BCUT2D eigenvalue weighted by Crippen LogP contribution is 2.19. The quantitative estimate of drug-likeness (QED) is 0.888. The number of imidazole rings is 1. The number of rotatable bonds is 3. The monoisotopic (exact) mass is 263 g/mol. The van der Waals surface area contributed by atoms with E-state index in [-0.39, 0.29) is 0 Å². The Morgan fingerprint density at radius 1 is 1.28 bits per heavy atom. The molecule has 4 heteroatoms. The minimum absolute atomic E-state index is 0.663. The lowest BCUT2D eigenvalue weighted by atomic mass is 9.95. The number of halogens is 1. The van der Waals surface area contributed by atoms with Gasteiger partial charge in [0.1, 0.15) is 5.82 Å². The number of aromatic nitrogens is 2. The summed E-state index contributed by atoms with van der Waals surface area (Å²) in [6.07, 6.45) is 6.69. The first kappa shape index (κ1) is 12.0. The van der Waals surface area contributed by atoms with E-state index < -0.39 is 0 Å². The van der Waals surface area contributed by atoms with Crippen molar-refractivity contribution >= 4 is 22.6 Å². The van der Waals surface area contributed by atoms with Crippen molar-refractivity contribution in [2.75, 3.05) is 0 Å². The molecule has 0 bridgehead atoms. The normalized spacial score (nSPS) is 17.4. The fourth-order valence-electron chi connectivity index (χ4n) is 2.67. The van der Waals surface area contributed by atoms with Gasteiger partial charge in [0.2, 0.25) is 0 Å². The summed E-state index contributed by atoms with van der Waals surface area (Å²) in [7, 11) is 0. The van der Waals surface area contributed by atoms with Crippen molar-refractivity contribution in [3.8, 4) is 0 Å². The number of nitrogens with zero attached hydrogens (tertiary/aromatic N) is 1. The van der Waals surface area contributed by atoms with E-state index in [0.717, 1.165) is 28.4 Å². The number of benzene rings is 1. The summed E-state index contributed by atoms with van der Waals surface area (Å²) in [5.74, 6) is 0.998. The van der Waals surface area contributed by atoms with Gasteiger partial charge in [0, 0.05) is 11.1 Å². The first-order valence-corrected chi connectivity index (χ1v) is 7.06. The maximum Gasteiger partial charge on any atom is 0.121 e. The molecule has 0 radical (unpaired) electrons. The van der Waals surface area contributed by atoms with E-state index in [9.17, 15) is 0 Å². The summed E-state index contributed by atoms with van der Waals surface area (Å²) >= 11 is 5.96. The van der Waals surface area contributed by atoms with Gasteiger partial charge in [0.15, 0.2) is 0 Å². The lowest BCUT2D eigenvalue weighted by Crippen LogP contribution is -2.30. The summed E-state index contributed by atoms with van der Waals surface area (Å²) in [6, 6.07) is 6.42. The molecule has 1 aromatic heterocycles. The van der Waals surface area contributed by atoms with Crippen molar-refractivity contribution in [3.05, 3.63) is 29.0 Å². The minimum atomic E-state index is 0.663. The second-order valence-electron chi connectivity index (χ2n) is 5.06. The molecule has 0 aliphatic heterocycles. The van der Waals surface area contributed by atoms with Crippen LogP contribution in [0.25, 0.3) is 11.0 Å².